The molecule has 0 amide bonds. The summed E-state index contributed by atoms with van der Waals surface area (Å²) < 4.78 is 5.86. The Morgan fingerprint density at radius 3 is 2.56 bits per heavy atom. The topological polar surface area (TPSA) is 35.0 Å². The Balaban J connectivity index is 2.20. The van der Waals surface area contributed by atoms with Gasteiger partial charge >= 0.3 is 0 Å². The van der Waals surface area contributed by atoms with Gasteiger partial charge in [0, 0.05) is 6.42 Å². The summed E-state index contributed by atoms with van der Waals surface area (Å²) in [6, 6.07) is 12.1. The van der Waals surface area contributed by atoms with Gasteiger partial charge < -0.3 is 4.74 Å². The van der Waals surface area contributed by atoms with Crippen molar-refractivity contribution in [3.8, 4) is 5.88 Å². The van der Waals surface area contributed by atoms with Crippen LogP contribution in [-0.4, -0.2) is 17.3 Å². The Labute approximate surface area is 103 Å². The maximum Gasteiger partial charge on any atom is 0.247 e. The second-order valence-electron chi connectivity index (χ2n) is 3.36. The first-order chi connectivity index (χ1) is 7.79. The van der Waals surface area contributed by atoms with Gasteiger partial charge in [-0.3, -0.25) is 0 Å². The van der Waals surface area contributed by atoms with Crippen LogP contribution in [0.2, 0.25) is 0 Å². The molecule has 0 N–H and O–H groups in total. The number of ether oxygens (including phenoxy) is 1. The van der Waals surface area contributed by atoms with E-state index >= 15 is 0 Å². The Morgan fingerprint density at radius 2 is 1.94 bits per heavy atom. The van der Waals surface area contributed by atoms with Crippen molar-refractivity contribution in [3.63, 3.8) is 0 Å². The summed E-state index contributed by atoms with van der Waals surface area (Å²) in [5.41, 5.74) is 2.13. The summed E-state index contributed by atoms with van der Waals surface area (Å²) in [5.74, 6) is 0.511. The van der Waals surface area contributed by atoms with Gasteiger partial charge in [-0.1, -0.05) is 30.3 Å². The van der Waals surface area contributed by atoms with Crippen LogP contribution < -0.4 is 4.74 Å². The van der Waals surface area contributed by atoms with Gasteiger partial charge in [0.15, 0.2) is 0 Å². The summed E-state index contributed by atoms with van der Waals surface area (Å²) in [4.78, 5) is 0. The summed E-state index contributed by atoms with van der Waals surface area (Å²) in [5, 5.41) is 8.07. The minimum atomic E-state index is 0.511. The van der Waals surface area contributed by atoms with Crippen molar-refractivity contribution in [3.05, 3.63) is 52.1 Å². The lowest BCUT2D eigenvalue weighted by Gasteiger charge is -2.03. The molecule has 0 spiro atoms. The van der Waals surface area contributed by atoms with Gasteiger partial charge in [0.25, 0.3) is 0 Å². The molecular formula is C12H11BrN2O. The van der Waals surface area contributed by atoms with Gasteiger partial charge in [-0.05, 0) is 27.6 Å². The SMILES string of the molecule is COc1nnc(Cc2ccccc2)cc1Br. The zero-order chi connectivity index (χ0) is 11.4. The molecule has 0 saturated carbocycles. The summed E-state index contributed by atoms with van der Waals surface area (Å²) >= 11 is 3.39. The third-order valence-electron chi connectivity index (χ3n) is 2.19. The fraction of sp³-hybridized carbons (Fsp3) is 0.167. The molecule has 0 aliphatic rings. The van der Waals surface area contributed by atoms with Gasteiger partial charge in [0.2, 0.25) is 5.88 Å². The average Bonchev–Trinajstić information content (AvgIpc) is 2.31. The molecule has 0 fully saturated rings. The average molecular weight is 279 g/mol. The quantitative estimate of drug-likeness (QED) is 0.866. The van der Waals surface area contributed by atoms with Gasteiger partial charge in [-0.25, -0.2) is 0 Å². The lowest BCUT2D eigenvalue weighted by molar-refractivity contribution is 0.388. The number of methoxy groups -OCH3 is 1. The smallest absolute Gasteiger partial charge is 0.247 e. The number of halogens is 1. The third-order valence-corrected chi connectivity index (χ3v) is 2.76. The molecular weight excluding hydrogens is 268 g/mol. The van der Waals surface area contributed by atoms with Crippen molar-refractivity contribution in [2.24, 2.45) is 0 Å². The molecule has 1 aromatic carbocycles. The van der Waals surface area contributed by atoms with E-state index in [4.69, 9.17) is 4.74 Å². The first-order valence-electron chi connectivity index (χ1n) is 4.89. The van der Waals surface area contributed by atoms with Crippen LogP contribution in [0.4, 0.5) is 0 Å². The lowest BCUT2D eigenvalue weighted by Crippen LogP contribution is -1.98. The highest BCUT2D eigenvalue weighted by atomic mass is 79.9. The maximum atomic E-state index is 5.03. The number of nitrogens with zero attached hydrogens (tertiary/aromatic N) is 2. The minimum absolute atomic E-state index is 0.511. The molecule has 0 bridgehead atoms. The molecule has 0 atom stereocenters. The predicted molar refractivity (Wildman–Crippen MR) is 65.5 cm³/mol. The van der Waals surface area contributed by atoms with E-state index in [1.54, 1.807) is 7.11 Å². The molecule has 2 rings (SSSR count). The highest BCUT2D eigenvalue weighted by Crippen LogP contribution is 2.22. The van der Waals surface area contributed by atoms with Crippen LogP contribution in [0.5, 0.6) is 5.88 Å². The second-order valence-corrected chi connectivity index (χ2v) is 4.21. The van der Waals surface area contributed by atoms with Gasteiger partial charge in [-0.15, -0.1) is 5.10 Å². The van der Waals surface area contributed by atoms with E-state index in [0.29, 0.717) is 5.88 Å². The van der Waals surface area contributed by atoms with Gasteiger partial charge in [-0.2, -0.15) is 5.10 Å². The van der Waals surface area contributed by atoms with E-state index in [1.165, 1.54) is 5.56 Å². The van der Waals surface area contributed by atoms with Crippen molar-refractivity contribution >= 4 is 15.9 Å². The molecule has 0 unspecified atom stereocenters. The van der Waals surface area contributed by atoms with Crippen molar-refractivity contribution in [2.45, 2.75) is 6.42 Å². The Kier molecular flexibility index (Phi) is 3.51. The van der Waals surface area contributed by atoms with E-state index in [9.17, 15) is 0 Å². The number of benzene rings is 1. The molecule has 0 aliphatic carbocycles. The van der Waals surface area contributed by atoms with Crippen LogP contribution in [0.15, 0.2) is 40.9 Å². The van der Waals surface area contributed by atoms with Crippen LogP contribution in [0.25, 0.3) is 0 Å². The minimum Gasteiger partial charge on any atom is -0.479 e. The summed E-state index contributed by atoms with van der Waals surface area (Å²) in [6.07, 6.45) is 0.774. The molecule has 2 aromatic rings. The number of aromatic nitrogens is 2. The van der Waals surface area contributed by atoms with Crippen molar-refractivity contribution in [2.75, 3.05) is 7.11 Å². The van der Waals surface area contributed by atoms with Crippen LogP contribution >= 0.6 is 15.9 Å². The standard InChI is InChI=1S/C12H11BrN2O/c1-16-12-11(13)8-10(14-15-12)7-9-5-3-2-4-6-9/h2-6,8H,7H2,1H3. The van der Waals surface area contributed by atoms with E-state index in [1.807, 2.05) is 24.3 Å². The Bertz CT molecular complexity index is 474. The first kappa shape index (κ1) is 11.1. The lowest BCUT2D eigenvalue weighted by atomic mass is 10.1. The van der Waals surface area contributed by atoms with Gasteiger partial charge in [0.1, 0.15) is 0 Å². The Hall–Kier alpha value is -1.42. The monoisotopic (exact) mass is 278 g/mol. The zero-order valence-corrected chi connectivity index (χ0v) is 10.4. The maximum absolute atomic E-state index is 5.03. The molecule has 3 nitrogen and oxygen atoms in total. The fourth-order valence-electron chi connectivity index (χ4n) is 1.42. The molecule has 0 aliphatic heterocycles. The molecule has 82 valence electrons. The molecule has 4 heteroatoms. The molecule has 1 aromatic heterocycles. The van der Waals surface area contributed by atoms with E-state index < -0.39 is 0 Å². The first-order valence-corrected chi connectivity index (χ1v) is 5.69. The normalized spacial score (nSPS) is 10.1. The van der Waals surface area contributed by atoms with Crippen molar-refractivity contribution in [1.29, 1.82) is 0 Å². The molecule has 0 saturated heterocycles. The van der Waals surface area contributed by atoms with Crippen LogP contribution in [0, 0.1) is 0 Å². The number of hydrogen-bond donors (Lipinski definition) is 0. The van der Waals surface area contributed by atoms with Crippen molar-refractivity contribution < 1.29 is 4.74 Å². The summed E-state index contributed by atoms with van der Waals surface area (Å²) in [6.45, 7) is 0. The van der Waals surface area contributed by atoms with Gasteiger partial charge in [0.05, 0.1) is 17.3 Å². The molecule has 1 heterocycles. The van der Waals surface area contributed by atoms with E-state index in [-0.39, 0.29) is 0 Å². The number of rotatable bonds is 3. The largest absolute Gasteiger partial charge is 0.479 e. The van der Waals surface area contributed by atoms with Crippen molar-refractivity contribution in [1.82, 2.24) is 10.2 Å². The second kappa shape index (κ2) is 5.07. The van der Waals surface area contributed by atoms with E-state index in [2.05, 4.69) is 38.3 Å². The highest BCUT2D eigenvalue weighted by molar-refractivity contribution is 9.10. The predicted octanol–water partition coefficient (Wildman–Crippen LogP) is 2.84. The van der Waals surface area contributed by atoms with Crippen LogP contribution in [0.3, 0.4) is 0 Å². The molecule has 16 heavy (non-hydrogen) atoms. The Morgan fingerprint density at radius 1 is 1.19 bits per heavy atom. The highest BCUT2D eigenvalue weighted by Gasteiger charge is 2.05. The van der Waals surface area contributed by atoms with E-state index in [0.717, 1.165) is 16.6 Å². The fourth-order valence-corrected chi connectivity index (χ4v) is 1.93. The molecule has 0 radical (unpaired) electrons. The summed E-state index contributed by atoms with van der Waals surface area (Å²) in [7, 11) is 1.58. The zero-order valence-electron chi connectivity index (χ0n) is 8.85. The third kappa shape index (κ3) is 2.58. The van der Waals surface area contributed by atoms with Crippen LogP contribution in [-0.2, 0) is 6.42 Å². The van der Waals surface area contributed by atoms with Crippen LogP contribution in [0.1, 0.15) is 11.3 Å². The number of hydrogen-bond acceptors (Lipinski definition) is 3.